The Balaban J connectivity index is 1.88. The van der Waals surface area contributed by atoms with Gasteiger partial charge in [0.15, 0.2) is 0 Å². The van der Waals surface area contributed by atoms with E-state index in [2.05, 4.69) is 36.3 Å². The summed E-state index contributed by atoms with van der Waals surface area (Å²) in [4.78, 5) is 12.0. The lowest BCUT2D eigenvalue weighted by atomic mass is 9.97. The molecule has 0 saturated heterocycles. The molecule has 1 aliphatic heterocycles. The van der Waals surface area contributed by atoms with Gasteiger partial charge in [0.1, 0.15) is 5.75 Å². The lowest BCUT2D eigenvalue weighted by Crippen LogP contribution is -2.24. The van der Waals surface area contributed by atoms with E-state index < -0.39 is 0 Å². The second-order valence-corrected chi connectivity index (χ2v) is 5.95. The minimum atomic E-state index is -0.0388. The molecule has 4 heteroatoms. The van der Waals surface area contributed by atoms with E-state index in [0.717, 1.165) is 35.4 Å². The van der Waals surface area contributed by atoms with Crippen molar-refractivity contribution in [1.82, 2.24) is 5.01 Å². The van der Waals surface area contributed by atoms with E-state index >= 15 is 0 Å². The number of ether oxygens (including phenoxy) is 1. The molecule has 0 spiro atoms. The zero-order chi connectivity index (χ0) is 17.1. The number of hydrogen-bond donors (Lipinski definition) is 0. The molecule has 124 valence electrons. The first kappa shape index (κ1) is 16.2. The molecule has 3 rings (SSSR count). The van der Waals surface area contributed by atoms with Crippen molar-refractivity contribution in [1.29, 1.82) is 0 Å². The zero-order valence-electron chi connectivity index (χ0n) is 14.3. The van der Waals surface area contributed by atoms with Gasteiger partial charge in [-0.15, -0.1) is 0 Å². The minimum absolute atomic E-state index is 0.0366. The summed E-state index contributed by atoms with van der Waals surface area (Å²) >= 11 is 0. The fourth-order valence-electron chi connectivity index (χ4n) is 2.99. The Kier molecular flexibility index (Phi) is 4.65. The van der Waals surface area contributed by atoms with Crippen LogP contribution < -0.4 is 4.74 Å². The minimum Gasteiger partial charge on any atom is -0.497 e. The standard InChI is InChI=1S/C20H22N2O2/c1-4-15-5-7-17(8-6-15)20-13-19(21-22(20)14(2)23)16-9-11-18(24-3)12-10-16/h5-12,20H,4,13H2,1-3H3/t20-/m1/s1. The third kappa shape index (κ3) is 3.18. The Morgan fingerprint density at radius 2 is 1.83 bits per heavy atom. The maximum Gasteiger partial charge on any atom is 0.240 e. The van der Waals surface area contributed by atoms with Crippen molar-refractivity contribution in [3.05, 3.63) is 65.2 Å². The Morgan fingerprint density at radius 3 is 2.38 bits per heavy atom. The average molecular weight is 322 g/mol. The third-order valence-electron chi connectivity index (χ3n) is 4.43. The molecule has 0 radical (unpaired) electrons. The molecule has 0 aliphatic carbocycles. The van der Waals surface area contributed by atoms with Gasteiger partial charge in [0.05, 0.1) is 18.9 Å². The van der Waals surface area contributed by atoms with Crippen LogP contribution in [-0.2, 0) is 11.2 Å². The molecule has 1 amide bonds. The van der Waals surface area contributed by atoms with Crippen molar-refractivity contribution in [2.24, 2.45) is 5.10 Å². The van der Waals surface area contributed by atoms with E-state index in [1.807, 2.05) is 24.3 Å². The molecule has 0 unspecified atom stereocenters. The van der Waals surface area contributed by atoms with Crippen LogP contribution in [0.15, 0.2) is 53.6 Å². The topological polar surface area (TPSA) is 41.9 Å². The lowest BCUT2D eigenvalue weighted by molar-refractivity contribution is -0.130. The molecule has 2 aromatic carbocycles. The Hall–Kier alpha value is -2.62. The van der Waals surface area contributed by atoms with Crippen molar-refractivity contribution in [3.63, 3.8) is 0 Å². The predicted octanol–water partition coefficient (Wildman–Crippen LogP) is 3.96. The van der Waals surface area contributed by atoms with Gasteiger partial charge in [0.25, 0.3) is 0 Å². The van der Waals surface area contributed by atoms with Crippen LogP contribution in [0.3, 0.4) is 0 Å². The summed E-state index contributed by atoms with van der Waals surface area (Å²) in [5.41, 5.74) is 4.37. The number of benzene rings is 2. The second-order valence-electron chi connectivity index (χ2n) is 5.95. The molecule has 0 N–H and O–H groups in total. The van der Waals surface area contributed by atoms with Gasteiger partial charge in [-0.2, -0.15) is 5.10 Å². The van der Waals surface area contributed by atoms with E-state index in [0.29, 0.717) is 0 Å². The lowest BCUT2D eigenvalue weighted by Gasteiger charge is -2.20. The molecule has 0 bridgehead atoms. The maximum atomic E-state index is 12.0. The molecular formula is C20H22N2O2. The number of carbonyl (C=O) groups excluding carboxylic acids is 1. The van der Waals surface area contributed by atoms with E-state index in [9.17, 15) is 4.79 Å². The number of rotatable bonds is 4. The first-order valence-electron chi connectivity index (χ1n) is 8.23. The zero-order valence-corrected chi connectivity index (χ0v) is 14.3. The highest BCUT2D eigenvalue weighted by atomic mass is 16.5. The Bertz CT molecular complexity index is 748. The second kappa shape index (κ2) is 6.87. The van der Waals surface area contributed by atoms with Crippen molar-refractivity contribution in [2.45, 2.75) is 32.7 Å². The number of aryl methyl sites for hydroxylation is 1. The number of methoxy groups -OCH3 is 1. The van der Waals surface area contributed by atoms with Gasteiger partial charge in [0, 0.05) is 13.3 Å². The summed E-state index contributed by atoms with van der Waals surface area (Å²) in [5, 5.41) is 6.17. The van der Waals surface area contributed by atoms with E-state index in [1.54, 1.807) is 19.0 Å². The van der Waals surface area contributed by atoms with Gasteiger partial charge in [-0.1, -0.05) is 31.2 Å². The highest BCUT2D eigenvalue weighted by molar-refractivity contribution is 6.03. The fraction of sp³-hybridized carbons (Fsp3) is 0.300. The number of amides is 1. The molecule has 1 aliphatic rings. The van der Waals surface area contributed by atoms with Gasteiger partial charge < -0.3 is 4.74 Å². The summed E-state index contributed by atoms with van der Waals surface area (Å²) in [7, 11) is 1.65. The molecule has 4 nitrogen and oxygen atoms in total. The summed E-state index contributed by atoms with van der Waals surface area (Å²) in [6.07, 6.45) is 1.73. The van der Waals surface area contributed by atoms with Crippen LogP contribution in [0.5, 0.6) is 5.75 Å². The van der Waals surface area contributed by atoms with Crippen molar-refractivity contribution < 1.29 is 9.53 Å². The van der Waals surface area contributed by atoms with Crippen LogP contribution in [0.2, 0.25) is 0 Å². The molecule has 24 heavy (non-hydrogen) atoms. The van der Waals surface area contributed by atoms with Crippen LogP contribution in [-0.4, -0.2) is 23.7 Å². The van der Waals surface area contributed by atoms with Crippen LogP contribution in [0.1, 0.15) is 43.0 Å². The summed E-state index contributed by atoms with van der Waals surface area (Å²) in [5.74, 6) is 0.774. The molecule has 2 aromatic rings. The summed E-state index contributed by atoms with van der Waals surface area (Å²) in [6, 6.07) is 16.2. The molecule has 0 aromatic heterocycles. The largest absolute Gasteiger partial charge is 0.497 e. The van der Waals surface area contributed by atoms with Gasteiger partial charge in [-0.05, 0) is 47.4 Å². The van der Waals surface area contributed by atoms with Crippen molar-refractivity contribution in [2.75, 3.05) is 7.11 Å². The van der Waals surface area contributed by atoms with E-state index in [1.165, 1.54) is 5.56 Å². The fourth-order valence-corrected chi connectivity index (χ4v) is 2.99. The molecule has 1 heterocycles. The maximum absolute atomic E-state index is 12.0. The van der Waals surface area contributed by atoms with Crippen LogP contribution >= 0.6 is 0 Å². The van der Waals surface area contributed by atoms with Gasteiger partial charge in [-0.25, -0.2) is 5.01 Å². The SMILES string of the molecule is CCc1ccc([C@H]2CC(c3ccc(OC)cc3)=NN2C(C)=O)cc1. The van der Waals surface area contributed by atoms with E-state index in [-0.39, 0.29) is 11.9 Å². The van der Waals surface area contributed by atoms with Crippen LogP contribution in [0.4, 0.5) is 0 Å². The predicted molar refractivity (Wildman–Crippen MR) is 95.2 cm³/mol. The van der Waals surface area contributed by atoms with Crippen LogP contribution in [0.25, 0.3) is 0 Å². The number of hydrogen-bond acceptors (Lipinski definition) is 3. The smallest absolute Gasteiger partial charge is 0.240 e. The quantitative estimate of drug-likeness (QED) is 0.855. The van der Waals surface area contributed by atoms with Gasteiger partial charge in [0.2, 0.25) is 5.91 Å². The average Bonchev–Trinajstić information content (AvgIpc) is 3.07. The van der Waals surface area contributed by atoms with Gasteiger partial charge >= 0.3 is 0 Å². The highest BCUT2D eigenvalue weighted by Crippen LogP contribution is 2.33. The van der Waals surface area contributed by atoms with Crippen molar-refractivity contribution >= 4 is 11.6 Å². The van der Waals surface area contributed by atoms with Crippen molar-refractivity contribution in [3.8, 4) is 5.75 Å². The normalized spacial score (nSPS) is 16.9. The highest BCUT2D eigenvalue weighted by Gasteiger charge is 2.31. The molecule has 1 atom stereocenters. The Labute approximate surface area is 142 Å². The number of nitrogens with zero attached hydrogens (tertiary/aromatic N) is 2. The van der Waals surface area contributed by atoms with Crippen LogP contribution in [0, 0.1) is 0 Å². The van der Waals surface area contributed by atoms with E-state index in [4.69, 9.17) is 4.74 Å². The first-order chi connectivity index (χ1) is 11.6. The summed E-state index contributed by atoms with van der Waals surface area (Å²) < 4.78 is 5.20. The third-order valence-corrected chi connectivity index (χ3v) is 4.43. The Morgan fingerprint density at radius 1 is 1.17 bits per heavy atom. The number of carbonyl (C=O) groups is 1. The summed E-state index contributed by atoms with van der Waals surface area (Å²) in [6.45, 7) is 3.70. The molecule has 0 fully saturated rings. The van der Waals surface area contributed by atoms with Gasteiger partial charge in [-0.3, -0.25) is 4.79 Å². The monoisotopic (exact) mass is 322 g/mol. The number of hydrazone groups is 1. The molecule has 0 saturated carbocycles. The molecular weight excluding hydrogens is 300 g/mol. The first-order valence-corrected chi connectivity index (χ1v) is 8.23.